The number of anilines is 1. The Morgan fingerprint density at radius 2 is 2.17 bits per heavy atom. The molecular formula is C15H17FN2O6. The molecule has 1 N–H and O–H groups in total. The average Bonchev–Trinajstić information content (AvgIpc) is 2.90. The summed E-state index contributed by atoms with van der Waals surface area (Å²) < 4.78 is 19.9. The molecule has 1 aromatic rings. The van der Waals surface area contributed by atoms with E-state index in [-0.39, 0.29) is 30.2 Å². The normalized spacial score (nSPS) is 20.0. The number of hydrogen-bond donors (Lipinski definition) is 1. The number of benzene rings is 1. The van der Waals surface area contributed by atoms with Crippen molar-refractivity contribution in [3.05, 3.63) is 33.6 Å². The van der Waals surface area contributed by atoms with E-state index in [2.05, 4.69) is 0 Å². The Balaban J connectivity index is 2.56. The van der Waals surface area contributed by atoms with Gasteiger partial charge < -0.3 is 14.7 Å². The quantitative estimate of drug-likeness (QED) is 0.623. The fraction of sp³-hybridized carbons (Fsp3) is 0.467. The summed E-state index contributed by atoms with van der Waals surface area (Å²) in [4.78, 5) is 34.3. The lowest BCUT2D eigenvalue weighted by molar-refractivity contribution is -0.385. The number of nitrogens with zero attached hydrogens (tertiary/aromatic N) is 2. The number of nitro benzene ring substituents is 1. The van der Waals surface area contributed by atoms with Crippen LogP contribution in [0.25, 0.3) is 0 Å². The Labute approximate surface area is 137 Å². The highest BCUT2D eigenvalue weighted by Gasteiger charge is 2.34. The Bertz CT molecular complexity index is 693. The summed E-state index contributed by atoms with van der Waals surface area (Å²) in [6, 6.07) is 1.16. The van der Waals surface area contributed by atoms with E-state index in [4.69, 9.17) is 4.74 Å². The topological polar surface area (TPSA) is 110 Å². The molecule has 0 saturated carbocycles. The molecule has 2 atom stereocenters. The first-order valence-electron chi connectivity index (χ1n) is 7.31. The van der Waals surface area contributed by atoms with Gasteiger partial charge in [0.15, 0.2) is 5.82 Å². The van der Waals surface area contributed by atoms with Crippen LogP contribution in [0.3, 0.4) is 0 Å². The number of carboxylic acids is 1. The van der Waals surface area contributed by atoms with Crippen LogP contribution >= 0.6 is 0 Å². The van der Waals surface area contributed by atoms with Crippen molar-refractivity contribution in [2.24, 2.45) is 0 Å². The van der Waals surface area contributed by atoms with Crippen molar-refractivity contribution < 1.29 is 28.7 Å². The van der Waals surface area contributed by atoms with Crippen molar-refractivity contribution in [2.45, 2.75) is 32.4 Å². The average molecular weight is 340 g/mol. The zero-order valence-electron chi connectivity index (χ0n) is 13.2. The van der Waals surface area contributed by atoms with E-state index >= 15 is 0 Å². The van der Waals surface area contributed by atoms with Crippen LogP contribution in [0.15, 0.2) is 12.1 Å². The van der Waals surface area contributed by atoms with Gasteiger partial charge in [0.1, 0.15) is 11.3 Å². The summed E-state index contributed by atoms with van der Waals surface area (Å²) in [5.74, 6) is -2.74. The van der Waals surface area contributed by atoms with E-state index in [1.165, 1.54) is 11.8 Å². The minimum Gasteiger partial charge on any atom is -0.477 e. The molecule has 1 aliphatic heterocycles. The Morgan fingerprint density at radius 3 is 2.62 bits per heavy atom. The molecule has 0 amide bonds. The fourth-order valence-corrected chi connectivity index (χ4v) is 2.84. The predicted octanol–water partition coefficient (Wildman–Crippen LogP) is 2.00. The van der Waals surface area contributed by atoms with E-state index in [1.54, 1.807) is 6.92 Å². The smallest absolute Gasteiger partial charge is 0.342 e. The molecule has 8 nitrogen and oxygen atoms in total. The third-order valence-corrected chi connectivity index (χ3v) is 3.93. The lowest BCUT2D eigenvalue weighted by Crippen LogP contribution is -2.43. The number of carboxylic acid groups (broad SMARTS) is 1. The number of nitro groups is 1. The highest BCUT2D eigenvalue weighted by molar-refractivity contribution is 5.94. The number of halogens is 1. The van der Waals surface area contributed by atoms with Gasteiger partial charge in [0, 0.05) is 6.61 Å². The van der Waals surface area contributed by atoms with Crippen LogP contribution in [0.1, 0.15) is 30.6 Å². The molecule has 9 heteroatoms. The van der Waals surface area contributed by atoms with Gasteiger partial charge in [-0.3, -0.25) is 14.9 Å². The zero-order valence-corrected chi connectivity index (χ0v) is 13.2. The summed E-state index contributed by atoms with van der Waals surface area (Å²) in [5, 5.41) is 20.1. The summed E-state index contributed by atoms with van der Waals surface area (Å²) in [5.41, 5.74) is -1.62. The van der Waals surface area contributed by atoms with Gasteiger partial charge in [0.05, 0.1) is 35.4 Å². The van der Waals surface area contributed by atoms with Crippen LogP contribution in [-0.4, -0.2) is 47.1 Å². The van der Waals surface area contributed by atoms with Crippen LogP contribution in [-0.2, 0) is 9.53 Å². The lowest BCUT2D eigenvalue weighted by atomic mass is 10.1. The van der Waals surface area contributed by atoms with Crippen molar-refractivity contribution in [1.82, 2.24) is 0 Å². The third-order valence-electron chi connectivity index (χ3n) is 3.93. The van der Waals surface area contributed by atoms with Gasteiger partial charge in [-0.15, -0.1) is 0 Å². The molecule has 0 aromatic heterocycles. The predicted molar refractivity (Wildman–Crippen MR) is 81.9 cm³/mol. The fourth-order valence-electron chi connectivity index (χ4n) is 2.84. The summed E-state index contributed by atoms with van der Waals surface area (Å²) >= 11 is 0. The Morgan fingerprint density at radius 1 is 1.50 bits per heavy atom. The molecule has 0 spiro atoms. The van der Waals surface area contributed by atoms with E-state index in [1.807, 2.05) is 0 Å². The van der Waals surface area contributed by atoms with Crippen LogP contribution < -0.4 is 4.90 Å². The lowest BCUT2D eigenvalue weighted by Gasteiger charge is -2.32. The maximum absolute atomic E-state index is 14.4. The molecule has 0 radical (unpaired) electrons. The molecule has 130 valence electrons. The first-order chi connectivity index (χ1) is 11.2. The van der Waals surface area contributed by atoms with Gasteiger partial charge in [-0.2, -0.15) is 0 Å². The maximum Gasteiger partial charge on any atom is 0.342 e. The monoisotopic (exact) mass is 340 g/mol. The SMILES string of the molecule is CC(=O)CN(c1cc(C(=O)O)c([N+](=O)[O-])cc1F)C1CCOC1C. The second-order valence-electron chi connectivity index (χ2n) is 5.64. The first kappa shape index (κ1) is 17.8. The van der Waals surface area contributed by atoms with Gasteiger partial charge in [-0.1, -0.05) is 0 Å². The molecule has 1 heterocycles. The summed E-state index contributed by atoms with van der Waals surface area (Å²) in [6.07, 6.45) is 0.250. The molecule has 1 aromatic carbocycles. The molecular weight excluding hydrogens is 323 g/mol. The number of rotatable bonds is 6. The maximum atomic E-state index is 14.4. The van der Waals surface area contributed by atoms with Crippen molar-refractivity contribution in [3.63, 3.8) is 0 Å². The first-order valence-corrected chi connectivity index (χ1v) is 7.31. The van der Waals surface area contributed by atoms with E-state index < -0.39 is 28.0 Å². The van der Waals surface area contributed by atoms with Crippen molar-refractivity contribution in [1.29, 1.82) is 0 Å². The van der Waals surface area contributed by atoms with E-state index in [9.17, 15) is 29.2 Å². The van der Waals surface area contributed by atoms with Crippen molar-refractivity contribution in [3.8, 4) is 0 Å². The van der Waals surface area contributed by atoms with Gasteiger partial charge in [-0.25, -0.2) is 9.18 Å². The van der Waals surface area contributed by atoms with Gasteiger partial charge in [-0.05, 0) is 26.3 Å². The summed E-state index contributed by atoms with van der Waals surface area (Å²) in [6.45, 7) is 3.38. The number of Topliss-reactive ketones (excluding diaryl/α,β-unsaturated/α-hetero) is 1. The van der Waals surface area contributed by atoms with Crippen LogP contribution in [0.2, 0.25) is 0 Å². The van der Waals surface area contributed by atoms with Crippen molar-refractivity contribution in [2.75, 3.05) is 18.1 Å². The number of carbonyl (C=O) groups excluding carboxylic acids is 1. The van der Waals surface area contributed by atoms with Crippen LogP contribution in [0.5, 0.6) is 0 Å². The molecule has 2 unspecified atom stereocenters. The van der Waals surface area contributed by atoms with Gasteiger partial charge in [0.25, 0.3) is 5.69 Å². The standard InChI is InChI=1S/C15H17FN2O6/c1-8(19)7-17(12-3-4-24-9(12)2)14-5-10(15(20)21)13(18(22)23)6-11(14)16/h5-6,9,12H,3-4,7H2,1-2H3,(H,20,21). The minimum absolute atomic E-state index is 0.147. The molecule has 1 aliphatic rings. The molecule has 24 heavy (non-hydrogen) atoms. The second-order valence-corrected chi connectivity index (χ2v) is 5.64. The second kappa shape index (κ2) is 6.91. The zero-order chi connectivity index (χ0) is 18.0. The largest absolute Gasteiger partial charge is 0.477 e. The van der Waals surface area contributed by atoms with Crippen LogP contribution in [0, 0.1) is 15.9 Å². The highest BCUT2D eigenvalue weighted by Crippen LogP contribution is 2.32. The third kappa shape index (κ3) is 3.51. The number of carbonyl (C=O) groups is 2. The van der Waals surface area contributed by atoms with Crippen molar-refractivity contribution >= 4 is 23.1 Å². The van der Waals surface area contributed by atoms with E-state index in [0.717, 1.165) is 6.07 Å². The molecule has 1 saturated heterocycles. The highest BCUT2D eigenvalue weighted by atomic mass is 19.1. The molecule has 2 rings (SSSR count). The van der Waals surface area contributed by atoms with Gasteiger partial charge in [0.2, 0.25) is 0 Å². The Hall–Kier alpha value is -2.55. The van der Waals surface area contributed by atoms with Crippen LogP contribution in [0.4, 0.5) is 15.8 Å². The molecule has 0 bridgehead atoms. The van der Waals surface area contributed by atoms with E-state index in [0.29, 0.717) is 19.1 Å². The van der Waals surface area contributed by atoms with Gasteiger partial charge >= 0.3 is 5.97 Å². The minimum atomic E-state index is -1.54. The number of ether oxygens (including phenoxy) is 1. The number of ketones is 1. The Kier molecular flexibility index (Phi) is 5.13. The molecule has 1 fully saturated rings. The number of hydrogen-bond acceptors (Lipinski definition) is 6. The molecule has 0 aliphatic carbocycles. The number of aromatic carboxylic acids is 1. The summed E-state index contributed by atoms with van der Waals surface area (Å²) in [7, 11) is 0.